The van der Waals surface area contributed by atoms with Crippen LogP contribution in [-0.4, -0.2) is 51.2 Å². The maximum Gasteiger partial charge on any atom is 0.0715 e. The number of carbonyl (C=O) groups excluding carboxylic acids is 4. The van der Waals surface area contributed by atoms with Crippen molar-refractivity contribution in [1.82, 2.24) is 0 Å². The molecule has 0 amide bonds. The van der Waals surface area contributed by atoms with Gasteiger partial charge in [-0.1, -0.05) is 152 Å². The first-order valence-corrected chi connectivity index (χ1v) is 19.6. The van der Waals surface area contributed by atoms with Crippen molar-refractivity contribution < 1.29 is 39.6 Å². The molecule has 308 valence electrons. The van der Waals surface area contributed by atoms with E-state index in [-0.39, 0.29) is 49.6 Å². The molecule has 0 N–H and O–H groups in total. The van der Waals surface area contributed by atoms with Crippen molar-refractivity contribution in [3.8, 4) is 0 Å². The predicted octanol–water partition coefficient (Wildman–Crippen LogP) is 6.17. The van der Waals surface area contributed by atoms with E-state index >= 15 is 0 Å². The Balaban J connectivity index is 0.000000729. The monoisotopic (exact) mass is 972 g/mol. The molecule has 0 spiro atoms. The minimum atomic E-state index is -1.11. The first-order chi connectivity index (χ1) is 26.4. The molecule has 0 aromatic heterocycles. The van der Waals surface area contributed by atoms with Crippen LogP contribution in [0.1, 0.15) is 145 Å². The van der Waals surface area contributed by atoms with Crippen LogP contribution in [0.25, 0.3) is 0 Å². The molecular weight excluding hydrogens is 912 g/mol. The fourth-order valence-electron chi connectivity index (χ4n) is 5.05. The molecule has 0 saturated carbocycles. The van der Waals surface area contributed by atoms with E-state index in [1.54, 1.807) is 48.5 Å². The fourth-order valence-corrected chi connectivity index (χ4v) is 5.05. The number of aromatic carboxylic acids is 4. The van der Waals surface area contributed by atoms with Crippen LogP contribution in [0.5, 0.6) is 0 Å². The predicted molar refractivity (Wildman–Crippen MR) is 221 cm³/mol. The van der Waals surface area contributed by atoms with E-state index in [1.165, 1.54) is 22.3 Å². The summed E-state index contributed by atoms with van der Waals surface area (Å²) in [6.07, 6.45) is 8.54. The summed E-state index contributed by atoms with van der Waals surface area (Å²) in [5.41, 5.74) is 5.73. The Morgan fingerprint density at radius 1 is 0.333 bits per heavy atom. The van der Waals surface area contributed by atoms with Crippen LogP contribution in [0.4, 0.5) is 0 Å². The normalized spacial score (nSPS) is 10.3. The van der Waals surface area contributed by atoms with Gasteiger partial charge < -0.3 is 39.6 Å². The van der Waals surface area contributed by atoms with Crippen molar-refractivity contribution in [3.63, 3.8) is 0 Å². The van der Waals surface area contributed by atoms with Crippen molar-refractivity contribution in [2.24, 2.45) is 23.7 Å². The standard InChI is InChI=1S/4C12H16O2.Pb/c4*1-9(2)3-4-10-5-7-11(8-6-10)12(13)14;/h4*5-9H,3-4H2,1-2H3,(H,13,14);/p-4. The number of rotatable bonds is 16. The Kier molecular flexibility index (Phi) is 26.8. The average Bonchev–Trinajstić information content (AvgIpc) is 3.16. The SMILES string of the molecule is CC(C)CCc1ccc(C(=O)[O-])cc1.CC(C)CCc1ccc(C(=O)[O-])cc1.CC(C)CCc1ccc(C(=O)[O-])cc1.CC(C)CCc1ccc(C(=O)[O-])cc1.[Pb]. The van der Waals surface area contributed by atoms with Gasteiger partial charge >= 0.3 is 0 Å². The van der Waals surface area contributed by atoms with Crippen LogP contribution >= 0.6 is 0 Å². The average molecular weight is 972 g/mol. The molecule has 0 heterocycles. The second-order valence-electron chi connectivity index (χ2n) is 15.7. The number of aryl methyl sites for hydroxylation is 4. The van der Waals surface area contributed by atoms with Gasteiger partial charge in [0.2, 0.25) is 0 Å². The molecule has 4 rings (SSSR count). The largest absolute Gasteiger partial charge is 0.545 e. The molecule has 0 atom stereocenters. The molecule has 57 heavy (non-hydrogen) atoms. The Morgan fingerprint density at radius 2 is 0.474 bits per heavy atom. The zero-order valence-electron chi connectivity index (χ0n) is 35.0. The molecule has 4 aromatic carbocycles. The van der Waals surface area contributed by atoms with Gasteiger partial charge in [-0.05, 0) is 120 Å². The molecule has 0 aliphatic heterocycles. The van der Waals surface area contributed by atoms with Crippen LogP contribution < -0.4 is 20.4 Å². The second kappa shape index (κ2) is 29.0. The minimum Gasteiger partial charge on any atom is -0.545 e. The number of hydrogen-bond donors (Lipinski definition) is 0. The molecule has 0 saturated heterocycles. The van der Waals surface area contributed by atoms with E-state index in [2.05, 4.69) is 55.4 Å². The Bertz CT molecular complexity index is 1460. The number of carboxylic acids is 4. The second-order valence-corrected chi connectivity index (χ2v) is 15.7. The van der Waals surface area contributed by atoms with Crippen LogP contribution in [0.3, 0.4) is 0 Å². The van der Waals surface area contributed by atoms with Gasteiger partial charge in [0, 0.05) is 27.3 Å². The van der Waals surface area contributed by atoms with E-state index in [9.17, 15) is 39.6 Å². The van der Waals surface area contributed by atoms with E-state index in [4.69, 9.17) is 0 Å². The first-order valence-electron chi connectivity index (χ1n) is 19.6. The maximum absolute atomic E-state index is 10.5. The third-order valence-electron chi connectivity index (χ3n) is 8.80. The maximum atomic E-state index is 10.5. The van der Waals surface area contributed by atoms with E-state index in [0.29, 0.717) is 23.7 Å². The summed E-state index contributed by atoms with van der Waals surface area (Å²) in [6, 6.07) is 27.7. The first kappa shape index (κ1) is 52.7. The van der Waals surface area contributed by atoms with Gasteiger partial charge in [0.25, 0.3) is 0 Å². The summed E-state index contributed by atoms with van der Waals surface area (Å²) < 4.78 is 0. The summed E-state index contributed by atoms with van der Waals surface area (Å²) in [5, 5.41) is 41.9. The third kappa shape index (κ3) is 24.8. The van der Waals surface area contributed by atoms with E-state index in [0.717, 1.165) is 51.4 Å². The Hall–Kier alpha value is -4.32. The summed E-state index contributed by atoms with van der Waals surface area (Å²) in [6.45, 7) is 17.4. The van der Waals surface area contributed by atoms with Gasteiger partial charge in [0.05, 0.1) is 23.9 Å². The van der Waals surface area contributed by atoms with Gasteiger partial charge in [0.15, 0.2) is 0 Å². The molecule has 0 bridgehead atoms. The summed E-state index contributed by atoms with van der Waals surface area (Å²) in [7, 11) is 0. The summed E-state index contributed by atoms with van der Waals surface area (Å²) in [4.78, 5) is 41.9. The van der Waals surface area contributed by atoms with E-state index in [1.807, 2.05) is 48.5 Å². The van der Waals surface area contributed by atoms with Gasteiger partial charge in [0.1, 0.15) is 0 Å². The topological polar surface area (TPSA) is 161 Å². The smallest absolute Gasteiger partial charge is 0.0715 e. The van der Waals surface area contributed by atoms with Crippen LogP contribution in [0.15, 0.2) is 97.1 Å². The minimum absolute atomic E-state index is 0. The number of carbonyl (C=O) groups is 4. The Morgan fingerprint density at radius 3 is 0.579 bits per heavy atom. The summed E-state index contributed by atoms with van der Waals surface area (Å²) >= 11 is 0. The molecule has 0 unspecified atom stereocenters. The quantitative estimate of drug-likeness (QED) is 0.121. The Labute approximate surface area is 360 Å². The molecule has 4 aromatic rings. The van der Waals surface area contributed by atoms with Crippen LogP contribution in [-0.2, 0) is 25.7 Å². The van der Waals surface area contributed by atoms with Crippen molar-refractivity contribution in [1.29, 1.82) is 0 Å². The fraction of sp³-hybridized carbons (Fsp3) is 0.417. The van der Waals surface area contributed by atoms with Gasteiger partial charge in [-0.3, -0.25) is 0 Å². The zero-order valence-corrected chi connectivity index (χ0v) is 38.9. The number of benzene rings is 4. The van der Waals surface area contributed by atoms with E-state index < -0.39 is 23.9 Å². The number of carboxylic acid groups (broad SMARTS) is 4. The number of hydrogen-bond acceptors (Lipinski definition) is 8. The van der Waals surface area contributed by atoms with Crippen molar-refractivity contribution in [2.45, 2.75) is 107 Å². The molecule has 9 heteroatoms. The van der Waals surface area contributed by atoms with Crippen molar-refractivity contribution in [2.75, 3.05) is 0 Å². The van der Waals surface area contributed by atoms with Crippen LogP contribution in [0.2, 0.25) is 0 Å². The molecule has 0 aliphatic carbocycles. The van der Waals surface area contributed by atoms with Gasteiger partial charge in [-0.2, -0.15) is 0 Å². The van der Waals surface area contributed by atoms with Crippen molar-refractivity contribution in [3.05, 3.63) is 142 Å². The zero-order chi connectivity index (χ0) is 42.2. The van der Waals surface area contributed by atoms with Crippen LogP contribution in [0, 0.1) is 23.7 Å². The van der Waals surface area contributed by atoms with Gasteiger partial charge in [-0.15, -0.1) is 0 Å². The molecular formula is C48H60O8Pb-4. The van der Waals surface area contributed by atoms with Gasteiger partial charge in [-0.25, -0.2) is 0 Å². The molecule has 0 fully saturated rings. The molecule has 8 nitrogen and oxygen atoms in total. The van der Waals surface area contributed by atoms with Crippen molar-refractivity contribution >= 4 is 51.2 Å². The molecule has 0 aliphatic rings. The third-order valence-corrected chi connectivity index (χ3v) is 8.80. The summed E-state index contributed by atoms with van der Waals surface area (Å²) in [5.74, 6) is -1.74. The molecule has 4 radical (unpaired) electrons.